The Labute approximate surface area is 307 Å². The number of carbonyl (C=O) groups is 1. The van der Waals surface area contributed by atoms with Crippen LogP contribution in [0.2, 0.25) is 0 Å². The van der Waals surface area contributed by atoms with Crippen molar-refractivity contribution < 1.29 is 9.53 Å². The van der Waals surface area contributed by atoms with Crippen molar-refractivity contribution in [3.8, 4) is 17.1 Å². The number of ether oxygens (including phenoxy) is 1. The van der Waals surface area contributed by atoms with Crippen LogP contribution in [0.5, 0.6) is 5.75 Å². The van der Waals surface area contributed by atoms with Gasteiger partial charge in [-0.1, -0.05) is 46.7 Å². The molecule has 1 saturated heterocycles. The van der Waals surface area contributed by atoms with Crippen molar-refractivity contribution >= 4 is 34.0 Å². The third-order valence-corrected chi connectivity index (χ3v) is 9.90. The summed E-state index contributed by atoms with van der Waals surface area (Å²) in [6.07, 6.45) is 1.48. The minimum atomic E-state index is -0.182. The van der Waals surface area contributed by atoms with Gasteiger partial charge in [-0.2, -0.15) is 0 Å². The molecule has 2 aliphatic heterocycles. The summed E-state index contributed by atoms with van der Waals surface area (Å²) in [5.74, 6) is 1.73. The zero-order valence-corrected chi connectivity index (χ0v) is 31.8. The average Bonchev–Trinajstić information content (AvgIpc) is 3.73. The van der Waals surface area contributed by atoms with Gasteiger partial charge in [0.15, 0.2) is 0 Å². The number of nitrogens with one attached hydrogen (secondary N) is 4. The number of imidazole rings is 1. The predicted octanol–water partition coefficient (Wildman–Crippen LogP) is 8.09. The smallest absolute Gasteiger partial charge is 0.220 e. The lowest BCUT2D eigenvalue weighted by Gasteiger charge is -2.34. The highest BCUT2D eigenvalue weighted by Crippen LogP contribution is 2.44. The highest BCUT2D eigenvalue weighted by atomic mass is 16.5. The molecule has 3 heterocycles. The number of hydrogen-bond donors (Lipinski definition) is 4. The van der Waals surface area contributed by atoms with Gasteiger partial charge in [0.1, 0.15) is 17.7 Å². The molecule has 1 aromatic heterocycles. The number of benzene rings is 3. The maximum absolute atomic E-state index is 12.4. The lowest BCUT2D eigenvalue weighted by Crippen LogP contribution is -2.44. The lowest BCUT2D eigenvalue weighted by atomic mass is 9.78. The maximum atomic E-state index is 12.4. The van der Waals surface area contributed by atoms with Gasteiger partial charge in [-0.25, -0.2) is 4.98 Å². The number of aromatic nitrogens is 2. The van der Waals surface area contributed by atoms with Crippen LogP contribution < -0.4 is 25.6 Å². The third-order valence-electron chi connectivity index (χ3n) is 9.90. The van der Waals surface area contributed by atoms with E-state index in [9.17, 15) is 4.79 Å². The Kier molecular flexibility index (Phi) is 10.9. The molecule has 1 atom stereocenters. The maximum Gasteiger partial charge on any atom is 0.220 e. The Balaban J connectivity index is 1.17. The minimum absolute atomic E-state index is 0.0243. The van der Waals surface area contributed by atoms with Gasteiger partial charge in [0.2, 0.25) is 5.91 Å². The molecule has 0 radical (unpaired) electrons. The molecule has 0 aliphatic carbocycles. The molecule has 0 bridgehead atoms. The molecule has 4 aromatic rings. The Morgan fingerprint density at radius 3 is 2.37 bits per heavy atom. The van der Waals surface area contributed by atoms with Crippen LogP contribution in [0, 0.1) is 0 Å². The van der Waals surface area contributed by atoms with Crippen LogP contribution in [0.3, 0.4) is 0 Å². The third kappa shape index (κ3) is 8.57. The van der Waals surface area contributed by atoms with Crippen molar-refractivity contribution in [1.29, 1.82) is 0 Å². The van der Waals surface area contributed by atoms with Crippen molar-refractivity contribution in [1.82, 2.24) is 20.2 Å². The fourth-order valence-electron chi connectivity index (χ4n) is 6.85. The first-order valence-electron chi connectivity index (χ1n) is 18.5. The summed E-state index contributed by atoms with van der Waals surface area (Å²) >= 11 is 0. The molecular formula is C40H54N10O2. The minimum Gasteiger partial charge on any atom is -0.493 e. The van der Waals surface area contributed by atoms with Crippen LogP contribution in [-0.2, 0) is 15.6 Å². The highest BCUT2D eigenvalue weighted by Gasteiger charge is 2.31. The predicted molar refractivity (Wildman–Crippen MR) is 211 cm³/mol. The van der Waals surface area contributed by atoms with E-state index in [4.69, 9.17) is 15.3 Å². The van der Waals surface area contributed by atoms with E-state index in [1.165, 1.54) is 5.69 Å². The van der Waals surface area contributed by atoms with E-state index in [1.54, 1.807) is 0 Å². The second-order valence-electron chi connectivity index (χ2n) is 16.1. The van der Waals surface area contributed by atoms with Crippen molar-refractivity contribution in [2.24, 2.45) is 5.11 Å². The molecule has 3 aromatic carbocycles. The number of azide groups is 1. The Morgan fingerprint density at radius 1 is 0.962 bits per heavy atom. The normalized spacial score (nSPS) is 16.2. The number of likely N-dealkylation sites (N-methyl/N-ethyl adjacent to an activating group) is 1. The fourth-order valence-corrected chi connectivity index (χ4v) is 6.85. The quantitative estimate of drug-likeness (QED) is 0.0504. The molecule has 0 spiro atoms. The Morgan fingerprint density at radius 2 is 1.67 bits per heavy atom. The van der Waals surface area contributed by atoms with E-state index in [0.29, 0.717) is 39.0 Å². The van der Waals surface area contributed by atoms with Gasteiger partial charge < -0.3 is 35.5 Å². The average molecular weight is 707 g/mol. The van der Waals surface area contributed by atoms with E-state index >= 15 is 0 Å². The van der Waals surface area contributed by atoms with Crippen LogP contribution in [0.1, 0.15) is 83.7 Å². The van der Waals surface area contributed by atoms with Crippen LogP contribution >= 0.6 is 0 Å². The molecular weight excluding hydrogens is 653 g/mol. The highest BCUT2D eigenvalue weighted by molar-refractivity contribution is 5.85. The van der Waals surface area contributed by atoms with Crippen molar-refractivity contribution in [3.63, 3.8) is 0 Å². The van der Waals surface area contributed by atoms with Crippen LogP contribution in [0.25, 0.3) is 32.9 Å². The second-order valence-corrected chi connectivity index (χ2v) is 16.1. The lowest BCUT2D eigenvalue weighted by molar-refractivity contribution is -0.121. The second kappa shape index (κ2) is 15.4. The number of amides is 1. The fraction of sp³-hybridized carbons (Fsp3) is 0.500. The Hall–Kier alpha value is -4.93. The Bertz CT molecular complexity index is 1910. The summed E-state index contributed by atoms with van der Waals surface area (Å²) < 4.78 is 6.55. The van der Waals surface area contributed by atoms with E-state index in [1.807, 2.05) is 0 Å². The summed E-state index contributed by atoms with van der Waals surface area (Å²) in [6.45, 7) is 18.8. The number of aromatic amines is 1. The molecule has 276 valence electrons. The van der Waals surface area contributed by atoms with Gasteiger partial charge in [0.05, 0.1) is 29.0 Å². The van der Waals surface area contributed by atoms with Crippen molar-refractivity contribution in [2.75, 3.05) is 68.5 Å². The summed E-state index contributed by atoms with van der Waals surface area (Å²) in [5.41, 5.74) is 17.8. The molecule has 1 fully saturated rings. The first-order valence-corrected chi connectivity index (χ1v) is 18.5. The zero-order valence-electron chi connectivity index (χ0n) is 31.8. The number of anilines is 3. The monoisotopic (exact) mass is 706 g/mol. The van der Waals surface area contributed by atoms with Gasteiger partial charge in [-0.15, -0.1) is 0 Å². The standard InChI is InChI=1S/C40H54N10O2/c1-39(2,3)29-22-27(23-30(40(4,5)6)36(29)52-21-8-10-35(51)42-15-9-16-43-48-41)38-45-31-13-11-26(24-33(31)46-38)37-44-32-14-12-28(25-34(32)47-37)50-19-17-49(7)18-20-50/h11-14,22-25,38,45-46H,8-10,15-21H2,1-7H3,(H,42,51)(H,44,47). The van der Waals surface area contributed by atoms with Gasteiger partial charge in [-0.05, 0) is 90.3 Å². The first kappa shape index (κ1) is 36.8. The van der Waals surface area contributed by atoms with Gasteiger partial charge in [0, 0.05) is 73.0 Å². The molecule has 4 N–H and O–H groups in total. The van der Waals surface area contributed by atoms with E-state index < -0.39 is 0 Å². The first-order chi connectivity index (χ1) is 24.8. The zero-order chi connectivity index (χ0) is 37.0. The molecule has 12 heteroatoms. The molecule has 12 nitrogen and oxygen atoms in total. The summed E-state index contributed by atoms with van der Waals surface area (Å²) in [5, 5.41) is 13.9. The molecule has 2 aliphatic rings. The number of nitrogens with zero attached hydrogens (tertiary/aromatic N) is 6. The van der Waals surface area contributed by atoms with Crippen LogP contribution in [0.4, 0.5) is 17.1 Å². The van der Waals surface area contributed by atoms with E-state index in [2.05, 4.69) is 138 Å². The van der Waals surface area contributed by atoms with E-state index in [0.717, 1.165) is 82.4 Å². The number of carbonyl (C=O) groups excluding carboxylic acids is 1. The molecule has 6 rings (SSSR count). The molecule has 0 saturated carbocycles. The van der Waals surface area contributed by atoms with Crippen LogP contribution in [-0.4, -0.2) is 73.7 Å². The van der Waals surface area contributed by atoms with Crippen molar-refractivity contribution in [2.45, 2.75) is 77.8 Å². The van der Waals surface area contributed by atoms with Gasteiger partial charge in [0.25, 0.3) is 0 Å². The topological polar surface area (TPSA) is 146 Å². The number of rotatable bonds is 12. The van der Waals surface area contributed by atoms with E-state index in [-0.39, 0.29) is 22.9 Å². The van der Waals surface area contributed by atoms with Crippen LogP contribution in [0.15, 0.2) is 53.6 Å². The summed E-state index contributed by atoms with van der Waals surface area (Å²) in [4.78, 5) is 28.5. The SMILES string of the molecule is CN1CCN(c2ccc3nc(-c4ccc5c(c4)NC(c4cc(C(C)(C)C)c(OCCCC(=O)NCCCN=[N+]=[N-])c(C(C)(C)C)c4)N5)[nH]c3c2)CC1. The number of hydrogen-bond acceptors (Lipinski definition) is 8. The number of fused-ring (bicyclic) bond motifs is 2. The molecule has 52 heavy (non-hydrogen) atoms. The van der Waals surface area contributed by atoms with Crippen molar-refractivity contribution in [3.05, 3.63) is 75.7 Å². The number of H-pyrrole nitrogens is 1. The molecule has 1 unspecified atom stereocenters. The van der Waals surface area contributed by atoms with Gasteiger partial charge >= 0.3 is 0 Å². The van der Waals surface area contributed by atoms with Gasteiger partial charge in [-0.3, -0.25) is 4.79 Å². The molecule has 1 amide bonds. The summed E-state index contributed by atoms with van der Waals surface area (Å²) in [6, 6.07) is 17.5. The number of piperazine rings is 1. The summed E-state index contributed by atoms with van der Waals surface area (Å²) in [7, 11) is 2.18. The largest absolute Gasteiger partial charge is 0.493 e.